The summed E-state index contributed by atoms with van der Waals surface area (Å²) in [7, 11) is 1.67. The molecule has 0 saturated heterocycles. The van der Waals surface area contributed by atoms with Gasteiger partial charge >= 0.3 is 0 Å². The van der Waals surface area contributed by atoms with Gasteiger partial charge in [0.2, 0.25) is 5.91 Å². The molecule has 0 saturated carbocycles. The summed E-state index contributed by atoms with van der Waals surface area (Å²) >= 11 is 0. The Labute approximate surface area is 168 Å². The van der Waals surface area contributed by atoms with Crippen molar-refractivity contribution in [1.82, 2.24) is 5.32 Å². The molecule has 0 fully saturated rings. The van der Waals surface area contributed by atoms with Gasteiger partial charge in [0.25, 0.3) is 0 Å². The largest absolute Gasteiger partial charge is 0.496 e. The fourth-order valence-electron chi connectivity index (χ4n) is 4.05. The predicted octanol–water partition coefficient (Wildman–Crippen LogP) is 5.14. The zero-order valence-corrected chi connectivity index (χ0v) is 17.4. The third kappa shape index (κ3) is 4.32. The van der Waals surface area contributed by atoms with Crippen LogP contribution in [0.1, 0.15) is 62.3 Å². The van der Waals surface area contributed by atoms with Gasteiger partial charge in [-0.25, -0.2) is 0 Å². The van der Waals surface area contributed by atoms with Crippen molar-refractivity contribution in [2.75, 3.05) is 7.11 Å². The molecule has 1 atom stereocenters. The first kappa shape index (κ1) is 20.2. The zero-order valence-electron chi connectivity index (χ0n) is 17.4. The Morgan fingerprint density at radius 2 is 1.96 bits per heavy atom. The van der Waals surface area contributed by atoms with Crippen molar-refractivity contribution in [3.05, 3.63) is 59.2 Å². The molecule has 2 aromatic rings. The van der Waals surface area contributed by atoms with Gasteiger partial charge in [-0.15, -0.1) is 0 Å². The maximum absolute atomic E-state index is 12.7. The van der Waals surface area contributed by atoms with E-state index in [9.17, 15) is 4.79 Å². The molecule has 0 spiro atoms. The molecule has 1 unspecified atom stereocenters. The van der Waals surface area contributed by atoms with Gasteiger partial charge in [-0.05, 0) is 49.4 Å². The standard InChI is InChI=1S/C24H31NO3/c1-5-24(6-2)16-20(19-9-7-8-10-22(19)28-24)25-23(26)14-12-18-11-13-21(27-4)17(3)15-18/h7-11,13,15,20H,5-6,12,14,16H2,1-4H3,(H,25,26). The summed E-state index contributed by atoms with van der Waals surface area (Å²) in [6, 6.07) is 14.1. The fraction of sp³-hybridized carbons (Fsp3) is 0.458. The zero-order chi connectivity index (χ0) is 20.1. The van der Waals surface area contributed by atoms with E-state index in [4.69, 9.17) is 9.47 Å². The molecule has 0 aliphatic carbocycles. The number of amides is 1. The topological polar surface area (TPSA) is 47.6 Å². The van der Waals surface area contributed by atoms with Crippen LogP contribution in [0.4, 0.5) is 0 Å². The fourth-order valence-corrected chi connectivity index (χ4v) is 4.05. The van der Waals surface area contributed by atoms with E-state index >= 15 is 0 Å². The number of carbonyl (C=O) groups excluding carboxylic acids is 1. The highest BCUT2D eigenvalue weighted by Gasteiger charge is 2.38. The first-order valence-corrected chi connectivity index (χ1v) is 10.2. The number of hydrogen-bond donors (Lipinski definition) is 1. The number of carbonyl (C=O) groups is 1. The summed E-state index contributed by atoms with van der Waals surface area (Å²) in [5.41, 5.74) is 3.11. The average Bonchev–Trinajstić information content (AvgIpc) is 2.72. The summed E-state index contributed by atoms with van der Waals surface area (Å²) in [6.45, 7) is 6.33. The van der Waals surface area contributed by atoms with Crippen LogP contribution < -0.4 is 14.8 Å². The van der Waals surface area contributed by atoms with Crippen LogP contribution in [0, 0.1) is 6.92 Å². The lowest BCUT2D eigenvalue weighted by atomic mass is 9.83. The summed E-state index contributed by atoms with van der Waals surface area (Å²) in [4.78, 5) is 12.7. The Kier molecular flexibility index (Phi) is 6.28. The van der Waals surface area contributed by atoms with Crippen molar-refractivity contribution in [2.24, 2.45) is 0 Å². The minimum atomic E-state index is -0.209. The Hall–Kier alpha value is -2.49. The second-order valence-electron chi connectivity index (χ2n) is 7.66. The molecular formula is C24H31NO3. The van der Waals surface area contributed by atoms with Gasteiger partial charge in [0, 0.05) is 18.4 Å². The third-order valence-electron chi connectivity index (χ3n) is 5.92. The Bertz CT molecular complexity index is 826. The van der Waals surface area contributed by atoms with Crippen molar-refractivity contribution in [3.8, 4) is 11.5 Å². The van der Waals surface area contributed by atoms with Crippen molar-refractivity contribution in [3.63, 3.8) is 0 Å². The highest BCUT2D eigenvalue weighted by molar-refractivity contribution is 5.77. The number of benzene rings is 2. The second kappa shape index (κ2) is 8.68. The molecule has 0 aromatic heterocycles. The van der Waals surface area contributed by atoms with Gasteiger partial charge in [0.15, 0.2) is 0 Å². The molecule has 4 nitrogen and oxygen atoms in total. The van der Waals surface area contributed by atoms with Gasteiger partial charge in [0.05, 0.1) is 13.2 Å². The minimum absolute atomic E-state index is 0.00467. The van der Waals surface area contributed by atoms with Crippen LogP contribution in [-0.2, 0) is 11.2 Å². The molecule has 0 bridgehead atoms. The number of aryl methyl sites for hydroxylation is 2. The van der Waals surface area contributed by atoms with Crippen LogP contribution in [0.3, 0.4) is 0 Å². The van der Waals surface area contributed by atoms with Crippen LogP contribution in [0.5, 0.6) is 11.5 Å². The van der Waals surface area contributed by atoms with Crippen LogP contribution in [-0.4, -0.2) is 18.6 Å². The molecule has 4 heteroatoms. The number of nitrogens with one attached hydrogen (secondary N) is 1. The molecule has 1 N–H and O–H groups in total. The van der Waals surface area contributed by atoms with Crippen molar-refractivity contribution < 1.29 is 14.3 Å². The number of para-hydroxylation sites is 1. The van der Waals surface area contributed by atoms with E-state index in [-0.39, 0.29) is 17.6 Å². The van der Waals surface area contributed by atoms with Crippen LogP contribution in [0.2, 0.25) is 0 Å². The van der Waals surface area contributed by atoms with Crippen LogP contribution in [0.25, 0.3) is 0 Å². The predicted molar refractivity (Wildman–Crippen MR) is 112 cm³/mol. The van der Waals surface area contributed by atoms with E-state index in [1.165, 1.54) is 0 Å². The number of methoxy groups -OCH3 is 1. The molecule has 1 heterocycles. The van der Waals surface area contributed by atoms with Crippen molar-refractivity contribution >= 4 is 5.91 Å². The lowest BCUT2D eigenvalue weighted by Gasteiger charge is -2.41. The first-order valence-electron chi connectivity index (χ1n) is 10.2. The number of ether oxygens (including phenoxy) is 2. The number of hydrogen-bond acceptors (Lipinski definition) is 3. The quantitative estimate of drug-likeness (QED) is 0.723. The Morgan fingerprint density at radius 3 is 2.64 bits per heavy atom. The molecule has 1 aliphatic rings. The van der Waals surface area contributed by atoms with Gasteiger partial charge in [0.1, 0.15) is 17.1 Å². The van der Waals surface area contributed by atoms with Gasteiger partial charge in [-0.2, -0.15) is 0 Å². The van der Waals surface area contributed by atoms with E-state index in [2.05, 4.69) is 31.3 Å². The van der Waals surface area contributed by atoms with Gasteiger partial charge in [-0.1, -0.05) is 44.2 Å². The second-order valence-corrected chi connectivity index (χ2v) is 7.66. The number of fused-ring (bicyclic) bond motifs is 1. The average molecular weight is 382 g/mol. The lowest BCUT2D eigenvalue weighted by Crippen LogP contribution is -2.44. The highest BCUT2D eigenvalue weighted by atomic mass is 16.5. The van der Waals surface area contributed by atoms with Crippen LogP contribution >= 0.6 is 0 Å². The van der Waals surface area contributed by atoms with Crippen molar-refractivity contribution in [2.45, 2.75) is 64.5 Å². The summed E-state index contributed by atoms with van der Waals surface area (Å²) in [5, 5.41) is 3.26. The maximum Gasteiger partial charge on any atom is 0.220 e. The molecule has 1 amide bonds. The molecule has 0 radical (unpaired) electrons. The normalized spacial score (nSPS) is 17.4. The SMILES string of the molecule is CCC1(CC)CC(NC(=O)CCc2ccc(OC)c(C)c2)c2ccccc2O1. The minimum Gasteiger partial charge on any atom is -0.496 e. The monoisotopic (exact) mass is 381 g/mol. The summed E-state index contributed by atoms with van der Waals surface area (Å²) in [6.07, 6.45) is 3.85. The smallest absolute Gasteiger partial charge is 0.220 e. The maximum atomic E-state index is 12.7. The van der Waals surface area contributed by atoms with Gasteiger partial charge in [-0.3, -0.25) is 4.79 Å². The summed E-state index contributed by atoms with van der Waals surface area (Å²) in [5.74, 6) is 1.85. The molecule has 150 valence electrons. The Balaban J connectivity index is 1.68. The highest BCUT2D eigenvalue weighted by Crippen LogP contribution is 2.42. The van der Waals surface area contributed by atoms with E-state index in [0.717, 1.165) is 47.5 Å². The van der Waals surface area contributed by atoms with Crippen molar-refractivity contribution in [1.29, 1.82) is 0 Å². The van der Waals surface area contributed by atoms with E-state index in [1.54, 1.807) is 7.11 Å². The van der Waals surface area contributed by atoms with Crippen LogP contribution in [0.15, 0.2) is 42.5 Å². The first-order chi connectivity index (χ1) is 13.5. The van der Waals surface area contributed by atoms with E-state index in [1.807, 2.05) is 37.3 Å². The Morgan fingerprint density at radius 1 is 1.21 bits per heavy atom. The summed E-state index contributed by atoms with van der Waals surface area (Å²) < 4.78 is 11.6. The molecule has 3 rings (SSSR count). The number of rotatable bonds is 7. The third-order valence-corrected chi connectivity index (χ3v) is 5.92. The molecule has 1 aliphatic heterocycles. The van der Waals surface area contributed by atoms with E-state index < -0.39 is 0 Å². The molecule has 28 heavy (non-hydrogen) atoms. The van der Waals surface area contributed by atoms with E-state index in [0.29, 0.717) is 12.8 Å². The molecular weight excluding hydrogens is 350 g/mol. The molecule has 2 aromatic carbocycles. The van der Waals surface area contributed by atoms with Gasteiger partial charge < -0.3 is 14.8 Å². The lowest BCUT2D eigenvalue weighted by molar-refractivity contribution is -0.122.